The van der Waals surface area contributed by atoms with Crippen molar-refractivity contribution < 1.29 is 4.79 Å². The van der Waals surface area contributed by atoms with Crippen molar-refractivity contribution in [3.63, 3.8) is 0 Å². The van der Waals surface area contributed by atoms with Gasteiger partial charge in [0, 0.05) is 16.8 Å². The molecule has 7 heteroatoms. The predicted molar refractivity (Wildman–Crippen MR) is 109 cm³/mol. The van der Waals surface area contributed by atoms with Gasteiger partial charge in [0.15, 0.2) is 5.13 Å². The van der Waals surface area contributed by atoms with E-state index in [0.29, 0.717) is 17.4 Å². The van der Waals surface area contributed by atoms with Crippen LogP contribution in [-0.2, 0) is 12.0 Å². The molecular weight excluding hydrogens is 358 g/mol. The molecule has 0 aliphatic carbocycles. The Bertz CT molecular complexity index is 922. The Hall–Kier alpha value is -2.51. The summed E-state index contributed by atoms with van der Waals surface area (Å²) in [5.74, 6) is -0.223. The predicted octanol–water partition coefficient (Wildman–Crippen LogP) is 3.96. The molecule has 3 N–H and O–H groups in total. The smallest absolute Gasteiger partial charge is 0.275 e. The standard InChI is InChI=1S/C20H25N5OS/c1-13(21)15-12-27-19(22-15)23-18(26)16-10-17(20(2,3)4)24-25(16)11-14-8-6-5-7-9-14/h5-10,12-13H,11,21H2,1-4H3,(H,22,23,26). The van der Waals surface area contributed by atoms with Crippen molar-refractivity contribution in [1.29, 1.82) is 0 Å². The third kappa shape index (κ3) is 4.61. The minimum atomic E-state index is -0.223. The van der Waals surface area contributed by atoms with E-state index in [2.05, 4.69) is 31.1 Å². The topological polar surface area (TPSA) is 85.8 Å². The highest BCUT2D eigenvalue weighted by Crippen LogP contribution is 2.24. The van der Waals surface area contributed by atoms with Gasteiger partial charge in [-0.15, -0.1) is 11.3 Å². The number of hydrogen-bond donors (Lipinski definition) is 2. The van der Waals surface area contributed by atoms with Crippen LogP contribution in [0, 0.1) is 0 Å². The molecule has 0 radical (unpaired) electrons. The summed E-state index contributed by atoms with van der Waals surface area (Å²) < 4.78 is 1.76. The van der Waals surface area contributed by atoms with Gasteiger partial charge < -0.3 is 5.73 Å². The third-order valence-corrected chi connectivity index (χ3v) is 4.94. The van der Waals surface area contributed by atoms with Gasteiger partial charge in [-0.25, -0.2) is 4.98 Å². The molecule has 27 heavy (non-hydrogen) atoms. The number of hydrogen-bond acceptors (Lipinski definition) is 5. The minimum Gasteiger partial charge on any atom is -0.323 e. The van der Waals surface area contributed by atoms with Gasteiger partial charge in [0.25, 0.3) is 5.91 Å². The van der Waals surface area contributed by atoms with E-state index in [-0.39, 0.29) is 17.4 Å². The van der Waals surface area contributed by atoms with E-state index in [0.717, 1.165) is 17.0 Å². The quantitative estimate of drug-likeness (QED) is 0.698. The number of thiazole rings is 1. The number of anilines is 1. The van der Waals surface area contributed by atoms with Crippen LogP contribution in [0.2, 0.25) is 0 Å². The van der Waals surface area contributed by atoms with Gasteiger partial charge in [-0.05, 0) is 18.6 Å². The molecule has 0 spiro atoms. The van der Waals surface area contributed by atoms with Crippen molar-refractivity contribution in [3.8, 4) is 0 Å². The molecular formula is C20H25N5OS. The molecule has 0 saturated carbocycles. The van der Waals surface area contributed by atoms with E-state index in [1.165, 1.54) is 11.3 Å². The number of carbonyl (C=O) groups is 1. The number of rotatable bonds is 5. The molecule has 1 atom stereocenters. The van der Waals surface area contributed by atoms with Crippen molar-refractivity contribution in [2.45, 2.75) is 45.7 Å². The van der Waals surface area contributed by atoms with Crippen LogP contribution in [0.15, 0.2) is 41.8 Å². The molecule has 0 saturated heterocycles. The highest BCUT2D eigenvalue weighted by atomic mass is 32.1. The lowest BCUT2D eigenvalue weighted by molar-refractivity contribution is 0.101. The van der Waals surface area contributed by atoms with Crippen molar-refractivity contribution in [1.82, 2.24) is 14.8 Å². The zero-order valence-corrected chi connectivity index (χ0v) is 16.9. The second-order valence-corrected chi connectivity index (χ2v) is 8.49. The Balaban J connectivity index is 1.89. The number of nitrogens with two attached hydrogens (primary N) is 1. The number of amides is 1. The Morgan fingerprint density at radius 3 is 2.59 bits per heavy atom. The number of benzene rings is 1. The maximum absolute atomic E-state index is 12.9. The summed E-state index contributed by atoms with van der Waals surface area (Å²) in [5, 5.41) is 9.97. The first-order valence-corrected chi connectivity index (χ1v) is 9.76. The fourth-order valence-electron chi connectivity index (χ4n) is 2.56. The highest BCUT2D eigenvalue weighted by Gasteiger charge is 2.23. The Morgan fingerprint density at radius 1 is 1.30 bits per heavy atom. The molecule has 1 aromatic carbocycles. The SMILES string of the molecule is CC(N)c1csc(NC(=O)c2cc(C(C)(C)C)nn2Cc2ccccc2)n1. The van der Waals surface area contributed by atoms with Crippen LogP contribution in [0.3, 0.4) is 0 Å². The van der Waals surface area contributed by atoms with Gasteiger partial charge in [0.1, 0.15) is 5.69 Å². The monoisotopic (exact) mass is 383 g/mol. The number of nitrogens with zero attached hydrogens (tertiary/aromatic N) is 3. The largest absolute Gasteiger partial charge is 0.323 e. The summed E-state index contributed by atoms with van der Waals surface area (Å²) in [6, 6.07) is 11.7. The normalized spacial score (nSPS) is 12.8. The van der Waals surface area contributed by atoms with Crippen molar-refractivity contribution in [2.75, 3.05) is 5.32 Å². The average Bonchev–Trinajstić information content (AvgIpc) is 3.22. The Morgan fingerprint density at radius 2 is 2.00 bits per heavy atom. The van der Waals surface area contributed by atoms with Crippen LogP contribution in [0.4, 0.5) is 5.13 Å². The maximum atomic E-state index is 12.9. The fourth-order valence-corrected chi connectivity index (χ4v) is 3.37. The average molecular weight is 384 g/mol. The van der Waals surface area contributed by atoms with E-state index in [9.17, 15) is 4.79 Å². The van der Waals surface area contributed by atoms with Crippen molar-refractivity contribution >= 4 is 22.4 Å². The fraction of sp³-hybridized carbons (Fsp3) is 0.350. The van der Waals surface area contributed by atoms with E-state index in [4.69, 9.17) is 10.8 Å². The first-order valence-electron chi connectivity index (χ1n) is 8.88. The van der Waals surface area contributed by atoms with Gasteiger partial charge in [0.05, 0.1) is 17.9 Å². The van der Waals surface area contributed by atoms with E-state index < -0.39 is 0 Å². The van der Waals surface area contributed by atoms with Gasteiger partial charge in [-0.1, -0.05) is 51.1 Å². The Kier molecular flexibility index (Phi) is 5.43. The second-order valence-electron chi connectivity index (χ2n) is 7.63. The zero-order chi connectivity index (χ0) is 19.6. The zero-order valence-electron chi connectivity index (χ0n) is 16.1. The molecule has 0 fully saturated rings. The molecule has 0 aliphatic rings. The van der Waals surface area contributed by atoms with Crippen LogP contribution in [-0.4, -0.2) is 20.7 Å². The summed E-state index contributed by atoms with van der Waals surface area (Å²) in [7, 11) is 0. The van der Waals surface area contributed by atoms with E-state index >= 15 is 0 Å². The van der Waals surface area contributed by atoms with Gasteiger partial charge in [-0.3, -0.25) is 14.8 Å². The highest BCUT2D eigenvalue weighted by molar-refractivity contribution is 7.14. The van der Waals surface area contributed by atoms with Crippen LogP contribution < -0.4 is 11.1 Å². The van der Waals surface area contributed by atoms with Crippen molar-refractivity contribution in [3.05, 3.63) is 64.4 Å². The first-order chi connectivity index (χ1) is 12.7. The van der Waals surface area contributed by atoms with Crippen LogP contribution in [0.25, 0.3) is 0 Å². The molecule has 6 nitrogen and oxygen atoms in total. The number of aromatic nitrogens is 3. The second kappa shape index (κ2) is 7.62. The molecule has 3 aromatic rings. The molecule has 1 amide bonds. The third-order valence-electron chi connectivity index (χ3n) is 4.17. The number of carbonyl (C=O) groups excluding carboxylic acids is 1. The Labute approximate surface area is 163 Å². The maximum Gasteiger partial charge on any atom is 0.275 e. The van der Waals surface area contributed by atoms with Crippen molar-refractivity contribution in [2.24, 2.45) is 5.73 Å². The van der Waals surface area contributed by atoms with Gasteiger partial charge in [0.2, 0.25) is 0 Å². The summed E-state index contributed by atoms with van der Waals surface area (Å²) >= 11 is 1.37. The van der Waals surface area contributed by atoms with E-state index in [1.807, 2.05) is 48.7 Å². The lowest BCUT2D eigenvalue weighted by Crippen LogP contribution is -2.18. The minimum absolute atomic E-state index is 0.152. The molecule has 2 heterocycles. The van der Waals surface area contributed by atoms with Gasteiger partial charge in [-0.2, -0.15) is 5.10 Å². The molecule has 142 valence electrons. The lowest BCUT2D eigenvalue weighted by atomic mass is 9.92. The number of nitrogens with one attached hydrogen (secondary N) is 1. The molecule has 3 rings (SSSR count). The van der Waals surface area contributed by atoms with Crippen LogP contribution >= 0.6 is 11.3 Å². The van der Waals surface area contributed by atoms with Gasteiger partial charge >= 0.3 is 0 Å². The van der Waals surface area contributed by atoms with E-state index in [1.54, 1.807) is 4.68 Å². The lowest BCUT2D eigenvalue weighted by Gasteiger charge is -2.14. The summed E-state index contributed by atoms with van der Waals surface area (Å²) in [6.45, 7) is 8.65. The van der Waals surface area contributed by atoms with Crippen LogP contribution in [0.1, 0.15) is 61.2 Å². The summed E-state index contributed by atoms with van der Waals surface area (Å²) in [6.07, 6.45) is 0. The first kappa shape index (κ1) is 19.3. The summed E-state index contributed by atoms with van der Waals surface area (Å²) in [5.41, 5.74) is 8.94. The summed E-state index contributed by atoms with van der Waals surface area (Å²) in [4.78, 5) is 17.3. The molecule has 0 bridgehead atoms. The molecule has 2 aromatic heterocycles. The molecule has 1 unspecified atom stereocenters. The molecule has 0 aliphatic heterocycles. The van der Waals surface area contributed by atoms with Crippen LogP contribution in [0.5, 0.6) is 0 Å².